The quantitative estimate of drug-likeness (QED) is 0.598. The fourth-order valence-electron chi connectivity index (χ4n) is 4.03. The zero-order chi connectivity index (χ0) is 21.8. The second-order valence-electron chi connectivity index (χ2n) is 7.93. The molecule has 1 saturated heterocycles. The Labute approximate surface area is 180 Å². The highest BCUT2D eigenvalue weighted by molar-refractivity contribution is 6.00. The van der Waals surface area contributed by atoms with Gasteiger partial charge in [-0.15, -0.1) is 10.2 Å². The van der Waals surface area contributed by atoms with E-state index in [0.717, 1.165) is 36.8 Å². The normalized spacial score (nSPS) is 22.1. The van der Waals surface area contributed by atoms with Crippen molar-refractivity contribution in [1.29, 1.82) is 5.41 Å². The van der Waals surface area contributed by atoms with Gasteiger partial charge in [-0.2, -0.15) is 0 Å². The minimum absolute atomic E-state index is 0.0891. The molecule has 1 aromatic carbocycles. The number of hydrogen-bond donors (Lipinski definition) is 4. The summed E-state index contributed by atoms with van der Waals surface area (Å²) in [6.07, 6.45) is 4.54. The van der Waals surface area contributed by atoms with Crippen LogP contribution in [0.5, 0.6) is 0 Å². The van der Waals surface area contributed by atoms with E-state index in [1.54, 1.807) is 7.05 Å². The van der Waals surface area contributed by atoms with Crippen molar-refractivity contribution in [3.8, 4) is 0 Å². The summed E-state index contributed by atoms with van der Waals surface area (Å²) < 4.78 is 0. The summed E-state index contributed by atoms with van der Waals surface area (Å²) in [5.74, 6) is 0.705. The van der Waals surface area contributed by atoms with E-state index in [1.807, 2.05) is 30.3 Å². The molecule has 2 fully saturated rings. The number of nitrogens with one attached hydrogen (secondary N) is 4. The van der Waals surface area contributed by atoms with Crippen LogP contribution in [0.2, 0.25) is 0 Å². The first-order valence-electron chi connectivity index (χ1n) is 10.6. The zero-order valence-corrected chi connectivity index (χ0v) is 17.6. The van der Waals surface area contributed by atoms with Crippen molar-refractivity contribution in [1.82, 2.24) is 30.7 Å². The number of carbonyl (C=O) groups is 2. The van der Waals surface area contributed by atoms with Crippen LogP contribution >= 0.6 is 0 Å². The third-order valence-electron chi connectivity index (χ3n) is 5.71. The first-order chi connectivity index (χ1) is 15.0. The summed E-state index contributed by atoms with van der Waals surface area (Å²) >= 11 is 0. The lowest BCUT2D eigenvalue weighted by Gasteiger charge is -2.26. The predicted octanol–water partition coefficient (Wildman–Crippen LogP) is 1.75. The van der Waals surface area contributed by atoms with Crippen LogP contribution in [0, 0.1) is 5.41 Å². The molecule has 9 nitrogen and oxygen atoms in total. The highest BCUT2D eigenvalue weighted by atomic mass is 16.2. The average molecular weight is 422 g/mol. The molecule has 4 N–H and O–H groups in total. The molecule has 0 bridgehead atoms. The van der Waals surface area contributed by atoms with Gasteiger partial charge in [-0.25, -0.2) is 0 Å². The third kappa shape index (κ3) is 4.65. The Morgan fingerprint density at radius 2 is 2.00 bits per heavy atom. The molecule has 0 radical (unpaired) electrons. The first kappa shape index (κ1) is 20.8. The Hall–Kier alpha value is -3.49. The Bertz CT molecular complexity index is 1010. The topological polar surface area (TPSA) is 127 Å². The van der Waals surface area contributed by atoms with Crippen LogP contribution in [0.3, 0.4) is 0 Å². The van der Waals surface area contributed by atoms with Crippen LogP contribution in [0.4, 0.5) is 0 Å². The highest BCUT2D eigenvalue weighted by Gasteiger charge is 2.32. The molecule has 2 aromatic rings. The number of benzene rings is 1. The lowest BCUT2D eigenvalue weighted by Crippen LogP contribution is -2.46. The van der Waals surface area contributed by atoms with Crippen LogP contribution in [-0.4, -0.2) is 57.2 Å². The summed E-state index contributed by atoms with van der Waals surface area (Å²) in [5, 5.41) is 22.3. The number of amides is 2. The molecule has 1 saturated carbocycles. The van der Waals surface area contributed by atoms with Crippen molar-refractivity contribution in [3.05, 3.63) is 58.9 Å². The third-order valence-corrected chi connectivity index (χ3v) is 5.71. The molecule has 2 aliphatic rings. The minimum atomic E-state index is -0.677. The molecule has 162 valence electrons. The van der Waals surface area contributed by atoms with Crippen LogP contribution in [0.25, 0.3) is 0 Å². The van der Waals surface area contributed by atoms with Crippen LogP contribution in [0.15, 0.2) is 41.7 Å². The van der Waals surface area contributed by atoms with E-state index in [4.69, 9.17) is 5.41 Å². The SMILES string of the molecule is CN1C(=O)C(NC(=O)c2nnc(Cc3ccccc3)[nH]2)CCN/C1=C1/CCCCC1=N. The van der Waals surface area contributed by atoms with Gasteiger partial charge in [-0.05, 0) is 37.7 Å². The van der Waals surface area contributed by atoms with Crippen molar-refractivity contribution >= 4 is 17.5 Å². The summed E-state index contributed by atoms with van der Waals surface area (Å²) in [6.45, 7) is 0.531. The molecule has 1 aromatic heterocycles. The Morgan fingerprint density at radius 1 is 1.23 bits per heavy atom. The monoisotopic (exact) mass is 421 g/mol. The lowest BCUT2D eigenvalue weighted by molar-refractivity contribution is -0.129. The number of likely N-dealkylation sites (N-methyl/N-ethyl adjacent to an activating group) is 1. The molecule has 0 spiro atoms. The van der Waals surface area contributed by atoms with Crippen molar-refractivity contribution in [3.63, 3.8) is 0 Å². The van der Waals surface area contributed by atoms with E-state index in [1.165, 1.54) is 4.90 Å². The smallest absolute Gasteiger partial charge is 0.289 e. The minimum Gasteiger partial charge on any atom is -0.371 e. The highest BCUT2D eigenvalue weighted by Crippen LogP contribution is 2.25. The fraction of sp³-hybridized carbons (Fsp3) is 0.409. The van der Waals surface area contributed by atoms with Gasteiger partial charge in [-0.1, -0.05) is 30.3 Å². The van der Waals surface area contributed by atoms with E-state index in [2.05, 4.69) is 25.8 Å². The Kier molecular flexibility index (Phi) is 6.11. The number of allylic oxidation sites excluding steroid dienone is 1. The van der Waals surface area contributed by atoms with Gasteiger partial charge in [0, 0.05) is 31.3 Å². The van der Waals surface area contributed by atoms with Gasteiger partial charge < -0.3 is 21.0 Å². The van der Waals surface area contributed by atoms with E-state index in [0.29, 0.717) is 36.7 Å². The maximum atomic E-state index is 13.0. The van der Waals surface area contributed by atoms with Crippen LogP contribution in [0.1, 0.15) is 54.1 Å². The summed E-state index contributed by atoms with van der Waals surface area (Å²) in [4.78, 5) is 30.2. The summed E-state index contributed by atoms with van der Waals surface area (Å²) in [5.41, 5.74) is 2.55. The number of H-pyrrole nitrogens is 1. The first-order valence-corrected chi connectivity index (χ1v) is 10.6. The van der Waals surface area contributed by atoms with Crippen molar-refractivity contribution < 1.29 is 9.59 Å². The second-order valence-corrected chi connectivity index (χ2v) is 7.93. The van der Waals surface area contributed by atoms with Gasteiger partial charge in [0.1, 0.15) is 17.7 Å². The molecule has 2 amide bonds. The van der Waals surface area contributed by atoms with E-state index < -0.39 is 11.9 Å². The second kappa shape index (κ2) is 9.11. The number of hydrogen-bond acceptors (Lipinski definition) is 6. The Morgan fingerprint density at radius 3 is 2.77 bits per heavy atom. The number of aromatic nitrogens is 3. The number of aromatic amines is 1. The molecule has 1 aliphatic carbocycles. The van der Waals surface area contributed by atoms with Gasteiger partial charge in [-0.3, -0.25) is 14.5 Å². The van der Waals surface area contributed by atoms with Crippen molar-refractivity contribution in [2.45, 2.75) is 44.6 Å². The molecule has 31 heavy (non-hydrogen) atoms. The van der Waals surface area contributed by atoms with Crippen LogP contribution < -0.4 is 10.6 Å². The standard InChI is InChI=1S/C22H27N7O2/c1-29-20(15-9-5-6-10-16(15)23)24-12-11-17(22(29)31)25-21(30)19-26-18(27-28-19)13-14-7-3-2-4-8-14/h2-4,7-8,17,23-24H,5-6,9-13H2,1H3,(H,25,30)(H,26,27,28)/b20-15+,23-16?. The molecule has 2 heterocycles. The van der Waals surface area contributed by atoms with Gasteiger partial charge in [0.05, 0.1) is 0 Å². The van der Waals surface area contributed by atoms with Gasteiger partial charge in [0.25, 0.3) is 5.91 Å². The summed E-state index contributed by atoms with van der Waals surface area (Å²) in [6, 6.07) is 9.11. The maximum absolute atomic E-state index is 13.0. The molecular formula is C22H27N7O2. The van der Waals surface area contributed by atoms with Gasteiger partial charge in [0.15, 0.2) is 0 Å². The number of nitrogens with zero attached hydrogens (tertiary/aromatic N) is 3. The van der Waals surface area contributed by atoms with Gasteiger partial charge >= 0.3 is 0 Å². The predicted molar refractivity (Wildman–Crippen MR) is 115 cm³/mol. The number of rotatable bonds is 4. The van der Waals surface area contributed by atoms with Gasteiger partial charge in [0.2, 0.25) is 11.7 Å². The molecule has 9 heteroatoms. The van der Waals surface area contributed by atoms with E-state index in [-0.39, 0.29) is 11.7 Å². The van der Waals surface area contributed by atoms with Crippen molar-refractivity contribution in [2.24, 2.45) is 0 Å². The Balaban J connectivity index is 1.43. The largest absolute Gasteiger partial charge is 0.371 e. The lowest BCUT2D eigenvalue weighted by atomic mass is 9.92. The van der Waals surface area contributed by atoms with E-state index in [9.17, 15) is 9.59 Å². The maximum Gasteiger partial charge on any atom is 0.289 e. The zero-order valence-electron chi connectivity index (χ0n) is 17.6. The van der Waals surface area contributed by atoms with E-state index >= 15 is 0 Å². The number of carbonyl (C=O) groups excluding carboxylic acids is 2. The van der Waals surface area contributed by atoms with Crippen molar-refractivity contribution in [2.75, 3.05) is 13.6 Å². The molecule has 4 rings (SSSR count). The van der Waals surface area contributed by atoms with Crippen LogP contribution in [-0.2, 0) is 11.2 Å². The average Bonchev–Trinajstić information content (AvgIpc) is 3.20. The fourth-order valence-corrected chi connectivity index (χ4v) is 4.03. The molecule has 1 unspecified atom stereocenters. The molecule has 1 aliphatic heterocycles. The summed E-state index contributed by atoms with van der Waals surface area (Å²) in [7, 11) is 1.69. The molecule has 1 atom stereocenters. The molecular weight excluding hydrogens is 394 g/mol.